The van der Waals surface area contributed by atoms with E-state index in [9.17, 15) is 4.79 Å². The first kappa shape index (κ1) is 9.27. The zero-order chi connectivity index (χ0) is 9.68. The molecule has 0 radical (unpaired) electrons. The Morgan fingerprint density at radius 3 is 2.85 bits per heavy atom. The highest BCUT2D eigenvalue weighted by Gasteiger charge is 2.05. The maximum absolute atomic E-state index is 10.3. The molecule has 0 heterocycles. The fourth-order valence-electron chi connectivity index (χ4n) is 0.890. The molecule has 0 aromatic heterocycles. The second-order valence-corrected chi connectivity index (χ2v) is 2.57. The molecule has 0 aliphatic carbocycles. The fraction of sp³-hybridized carbons (Fsp3) is 0.200. The zero-order valence-corrected chi connectivity index (χ0v) is 7.23. The van der Waals surface area contributed by atoms with Crippen molar-refractivity contribution in [2.75, 3.05) is 0 Å². The van der Waals surface area contributed by atoms with E-state index in [0.29, 0.717) is 17.6 Å². The average molecular weight is 175 g/mol. The van der Waals surface area contributed by atoms with E-state index in [4.69, 9.17) is 10.00 Å². The summed E-state index contributed by atoms with van der Waals surface area (Å²) in [4.78, 5) is 10.3. The molecule has 1 unspecified atom stereocenters. The minimum Gasteiger partial charge on any atom is -0.482 e. The van der Waals surface area contributed by atoms with Gasteiger partial charge in [0.15, 0.2) is 12.4 Å². The Kier molecular flexibility index (Phi) is 3.04. The molecule has 1 aromatic rings. The molecule has 0 amide bonds. The van der Waals surface area contributed by atoms with Crippen LogP contribution in [-0.2, 0) is 4.79 Å². The van der Waals surface area contributed by atoms with Crippen LogP contribution in [0.25, 0.3) is 0 Å². The molecular weight excluding hydrogens is 166 g/mol. The summed E-state index contributed by atoms with van der Waals surface area (Å²) in [6.07, 6.45) is 0.170. The van der Waals surface area contributed by atoms with Crippen LogP contribution in [0.2, 0.25) is 0 Å². The lowest BCUT2D eigenvalue weighted by Crippen LogP contribution is -2.13. The zero-order valence-electron chi connectivity index (χ0n) is 7.23. The third kappa shape index (κ3) is 2.31. The molecule has 0 aliphatic heterocycles. The van der Waals surface area contributed by atoms with Crippen LogP contribution in [0.5, 0.6) is 5.75 Å². The van der Waals surface area contributed by atoms with Crippen molar-refractivity contribution in [3.63, 3.8) is 0 Å². The highest BCUT2D eigenvalue weighted by atomic mass is 16.5. The first-order valence-corrected chi connectivity index (χ1v) is 3.89. The Balaban J connectivity index is 2.88. The van der Waals surface area contributed by atoms with Gasteiger partial charge in [0.1, 0.15) is 11.8 Å². The molecule has 3 heteroatoms. The Hall–Kier alpha value is -1.82. The van der Waals surface area contributed by atoms with Crippen LogP contribution in [-0.4, -0.2) is 12.4 Å². The summed E-state index contributed by atoms with van der Waals surface area (Å²) in [5, 5.41) is 8.69. The smallest absolute Gasteiger partial charge is 0.160 e. The molecule has 0 aliphatic rings. The van der Waals surface area contributed by atoms with E-state index in [1.54, 1.807) is 31.2 Å². The van der Waals surface area contributed by atoms with Crippen LogP contribution in [0.4, 0.5) is 0 Å². The molecule has 0 saturated heterocycles. The second kappa shape index (κ2) is 4.27. The van der Waals surface area contributed by atoms with Gasteiger partial charge in [-0.05, 0) is 19.1 Å². The quantitative estimate of drug-likeness (QED) is 0.654. The third-order valence-corrected chi connectivity index (χ3v) is 1.51. The molecule has 13 heavy (non-hydrogen) atoms. The normalized spacial score (nSPS) is 11.4. The summed E-state index contributed by atoms with van der Waals surface area (Å²) in [5.74, 6) is 0.449. The molecule has 66 valence electrons. The van der Waals surface area contributed by atoms with Crippen LogP contribution in [0, 0.1) is 11.3 Å². The molecule has 0 spiro atoms. The number of benzene rings is 1. The van der Waals surface area contributed by atoms with E-state index >= 15 is 0 Å². The lowest BCUT2D eigenvalue weighted by atomic mass is 10.2. The van der Waals surface area contributed by atoms with Crippen LogP contribution < -0.4 is 4.74 Å². The number of rotatable bonds is 3. The minimum atomic E-state index is -0.519. The third-order valence-electron chi connectivity index (χ3n) is 1.51. The summed E-state index contributed by atoms with van der Waals surface area (Å²) in [6, 6.07) is 8.80. The molecule has 0 fully saturated rings. The number of ether oxygens (including phenoxy) is 1. The van der Waals surface area contributed by atoms with Gasteiger partial charge in [-0.25, -0.2) is 0 Å². The van der Waals surface area contributed by atoms with Crippen molar-refractivity contribution >= 4 is 6.29 Å². The van der Waals surface area contributed by atoms with Gasteiger partial charge in [0, 0.05) is 0 Å². The Morgan fingerprint density at radius 2 is 2.23 bits per heavy atom. The number of nitrogens with zero attached hydrogens (tertiary/aromatic N) is 1. The predicted octanol–water partition coefficient (Wildman–Crippen LogP) is 1.52. The number of hydrogen-bond acceptors (Lipinski definition) is 3. The molecular formula is C10H9NO2. The van der Waals surface area contributed by atoms with Crippen molar-refractivity contribution in [1.29, 1.82) is 5.26 Å². The maximum Gasteiger partial charge on any atom is 0.160 e. The second-order valence-electron chi connectivity index (χ2n) is 2.57. The number of nitriles is 1. The molecule has 0 bridgehead atoms. The van der Waals surface area contributed by atoms with E-state index in [1.807, 2.05) is 6.07 Å². The standard InChI is InChI=1S/C10H9NO2/c1-8(7-12)13-10-5-3-2-4-9(10)6-11/h2-5,7-8H,1H3. The maximum atomic E-state index is 10.3. The summed E-state index contributed by atoms with van der Waals surface area (Å²) in [5.41, 5.74) is 0.441. The Bertz CT molecular complexity index is 341. The van der Waals surface area contributed by atoms with Crippen LogP contribution in [0.3, 0.4) is 0 Å². The summed E-state index contributed by atoms with van der Waals surface area (Å²) < 4.78 is 5.19. The Labute approximate surface area is 76.6 Å². The minimum absolute atomic E-state index is 0.441. The van der Waals surface area contributed by atoms with Gasteiger partial charge in [0.05, 0.1) is 5.56 Å². The molecule has 0 N–H and O–H groups in total. The predicted molar refractivity (Wildman–Crippen MR) is 47.3 cm³/mol. The lowest BCUT2D eigenvalue weighted by Gasteiger charge is -2.08. The summed E-state index contributed by atoms with van der Waals surface area (Å²) in [7, 11) is 0. The largest absolute Gasteiger partial charge is 0.482 e. The SMILES string of the molecule is CC(C=O)Oc1ccccc1C#N. The van der Waals surface area contributed by atoms with E-state index < -0.39 is 6.10 Å². The van der Waals surface area contributed by atoms with Crippen molar-refractivity contribution in [3.8, 4) is 11.8 Å². The number of aldehydes is 1. The first-order chi connectivity index (χ1) is 6.27. The van der Waals surface area contributed by atoms with E-state index in [-0.39, 0.29) is 0 Å². The number of carbonyl (C=O) groups excluding carboxylic acids is 1. The highest BCUT2D eigenvalue weighted by Crippen LogP contribution is 2.17. The van der Waals surface area contributed by atoms with Gasteiger partial charge in [0.25, 0.3) is 0 Å². The molecule has 1 atom stereocenters. The van der Waals surface area contributed by atoms with Crippen LogP contribution >= 0.6 is 0 Å². The van der Waals surface area contributed by atoms with Gasteiger partial charge in [-0.1, -0.05) is 12.1 Å². The average Bonchev–Trinajstić information content (AvgIpc) is 2.18. The number of carbonyl (C=O) groups is 1. The number of hydrogen-bond donors (Lipinski definition) is 0. The van der Waals surface area contributed by atoms with Crippen molar-refractivity contribution in [3.05, 3.63) is 29.8 Å². The van der Waals surface area contributed by atoms with Gasteiger partial charge in [-0.15, -0.1) is 0 Å². The van der Waals surface area contributed by atoms with Crippen molar-refractivity contribution < 1.29 is 9.53 Å². The van der Waals surface area contributed by atoms with Crippen LogP contribution in [0.1, 0.15) is 12.5 Å². The van der Waals surface area contributed by atoms with Crippen molar-refractivity contribution in [2.24, 2.45) is 0 Å². The Morgan fingerprint density at radius 1 is 1.54 bits per heavy atom. The van der Waals surface area contributed by atoms with E-state index in [0.717, 1.165) is 0 Å². The van der Waals surface area contributed by atoms with E-state index in [2.05, 4.69) is 0 Å². The van der Waals surface area contributed by atoms with Crippen LogP contribution in [0.15, 0.2) is 24.3 Å². The molecule has 1 aromatic carbocycles. The van der Waals surface area contributed by atoms with Crippen molar-refractivity contribution in [1.82, 2.24) is 0 Å². The topological polar surface area (TPSA) is 50.1 Å². The van der Waals surface area contributed by atoms with E-state index in [1.165, 1.54) is 0 Å². The monoisotopic (exact) mass is 175 g/mol. The van der Waals surface area contributed by atoms with Gasteiger partial charge in [0.2, 0.25) is 0 Å². The highest BCUT2D eigenvalue weighted by molar-refractivity contribution is 5.56. The lowest BCUT2D eigenvalue weighted by molar-refractivity contribution is -0.113. The molecule has 3 nitrogen and oxygen atoms in total. The van der Waals surface area contributed by atoms with Gasteiger partial charge >= 0.3 is 0 Å². The summed E-state index contributed by atoms with van der Waals surface area (Å²) >= 11 is 0. The fourth-order valence-corrected chi connectivity index (χ4v) is 0.890. The summed E-state index contributed by atoms with van der Waals surface area (Å²) in [6.45, 7) is 1.63. The van der Waals surface area contributed by atoms with Gasteiger partial charge in [-0.3, -0.25) is 4.79 Å². The molecule has 1 rings (SSSR count). The number of para-hydroxylation sites is 1. The first-order valence-electron chi connectivity index (χ1n) is 3.89. The molecule has 0 saturated carbocycles. The van der Waals surface area contributed by atoms with Gasteiger partial charge in [-0.2, -0.15) is 5.26 Å². The van der Waals surface area contributed by atoms with Gasteiger partial charge < -0.3 is 4.74 Å². The van der Waals surface area contributed by atoms with Crippen molar-refractivity contribution in [2.45, 2.75) is 13.0 Å².